The molecule has 2 aromatic carbocycles. The van der Waals surface area contributed by atoms with Crippen LogP contribution in [-0.2, 0) is 11.2 Å². The molecule has 164 valence electrons. The largest absolute Gasteiger partial charge is 0.479 e. The predicted octanol–water partition coefficient (Wildman–Crippen LogP) is 4.00. The molecule has 2 aliphatic rings. The average Bonchev–Trinajstić information content (AvgIpc) is 2.75. The van der Waals surface area contributed by atoms with Gasteiger partial charge >= 0.3 is 0 Å². The third-order valence-corrected chi connectivity index (χ3v) is 6.03. The van der Waals surface area contributed by atoms with Crippen molar-refractivity contribution in [2.45, 2.75) is 52.2 Å². The summed E-state index contributed by atoms with van der Waals surface area (Å²) in [5.74, 6) is 1.24. The molecule has 2 heterocycles. The van der Waals surface area contributed by atoms with Crippen LogP contribution in [0.5, 0.6) is 5.75 Å². The molecule has 4 rings (SSSR count). The molecule has 6 nitrogen and oxygen atoms in total. The summed E-state index contributed by atoms with van der Waals surface area (Å²) < 4.78 is 5.65. The molecular weight excluding hydrogens is 390 g/mol. The van der Waals surface area contributed by atoms with Crippen molar-refractivity contribution < 1.29 is 14.3 Å². The smallest absolute Gasteiger partial charge is 0.265 e. The molecule has 0 bridgehead atoms. The van der Waals surface area contributed by atoms with Crippen LogP contribution < -0.4 is 20.3 Å². The highest BCUT2D eigenvalue weighted by atomic mass is 16.5. The number of nitrogens with zero attached hydrogens (tertiary/aromatic N) is 1. The molecule has 0 spiro atoms. The van der Waals surface area contributed by atoms with Gasteiger partial charge in [0, 0.05) is 30.4 Å². The third-order valence-electron chi connectivity index (χ3n) is 6.03. The molecular formula is C25H31N3O3. The summed E-state index contributed by atoms with van der Waals surface area (Å²) in [6.45, 7) is 7.69. The van der Waals surface area contributed by atoms with E-state index in [1.54, 1.807) is 6.92 Å². The van der Waals surface area contributed by atoms with Gasteiger partial charge in [0.05, 0.1) is 5.69 Å². The number of hydrogen-bond acceptors (Lipinski definition) is 4. The van der Waals surface area contributed by atoms with Gasteiger partial charge in [-0.25, -0.2) is 0 Å². The van der Waals surface area contributed by atoms with Crippen molar-refractivity contribution >= 4 is 23.2 Å². The summed E-state index contributed by atoms with van der Waals surface area (Å²) in [5, 5.41) is 5.86. The number of nitrogens with one attached hydrogen (secondary N) is 2. The molecule has 0 aliphatic carbocycles. The summed E-state index contributed by atoms with van der Waals surface area (Å²) >= 11 is 0. The third kappa shape index (κ3) is 5.01. The minimum absolute atomic E-state index is 0.0265. The van der Waals surface area contributed by atoms with Gasteiger partial charge in [0.25, 0.3) is 11.8 Å². The van der Waals surface area contributed by atoms with Gasteiger partial charge in [-0.3, -0.25) is 9.59 Å². The molecule has 2 N–H and O–H groups in total. The lowest BCUT2D eigenvalue weighted by molar-refractivity contribution is -0.122. The van der Waals surface area contributed by atoms with Gasteiger partial charge in [0.15, 0.2) is 6.10 Å². The van der Waals surface area contributed by atoms with Crippen LogP contribution in [0.1, 0.15) is 49.5 Å². The molecule has 1 unspecified atom stereocenters. The summed E-state index contributed by atoms with van der Waals surface area (Å²) in [6.07, 6.45) is 2.79. The van der Waals surface area contributed by atoms with Crippen molar-refractivity contribution in [1.29, 1.82) is 0 Å². The predicted molar refractivity (Wildman–Crippen MR) is 123 cm³/mol. The first-order chi connectivity index (χ1) is 14.9. The lowest BCUT2D eigenvalue weighted by Crippen LogP contribution is -2.35. The highest BCUT2D eigenvalue weighted by Crippen LogP contribution is 2.32. The van der Waals surface area contributed by atoms with Gasteiger partial charge in [0.2, 0.25) is 0 Å². The number of benzene rings is 2. The molecule has 1 fully saturated rings. The van der Waals surface area contributed by atoms with Crippen LogP contribution in [-0.4, -0.2) is 37.0 Å². The number of ether oxygens (including phenoxy) is 1. The molecule has 2 amide bonds. The molecule has 0 radical (unpaired) electrons. The van der Waals surface area contributed by atoms with E-state index in [0.29, 0.717) is 11.5 Å². The fraction of sp³-hybridized carbons (Fsp3) is 0.440. The van der Waals surface area contributed by atoms with Crippen LogP contribution in [0.2, 0.25) is 0 Å². The second kappa shape index (κ2) is 9.00. The fourth-order valence-corrected chi connectivity index (χ4v) is 4.28. The SMILES string of the molecule is CC(C)NC(=O)c1ccc(N2CCC(Cc3ccc4c(c3)NC(=O)C(C)O4)CC2)cc1. The molecule has 1 atom stereocenters. The zero-order valence-electron chi connectivity index (χ0n) is 18.5. The molecule has 31 heavy (non-hydrogen) atoms. The van der Waals surface area contributed by atoms with Crippen molar-refractivity contribution in [2.75, 3.05) is 23.3 Å². The number of anilines is 2. The number of amides is 2. The highest BCUT2D eigenvalue weighted by Gasteiger charge is 2.25. The van der Waals surface area contributed by atoms with E-state index in [0.717, 1.165) is 43.8 Å². The van der Waals surface area contributed by atoms with E-state index < -0.39 is 6.10 Å². The van der Waals surface area contributed by atoms with E-state index >= 15 is 0 Å². The van der Waals surface area contributed by atoms with Crippen molar-refractivity contribution in [1.82, 2.24) is 5.32 Å². The molecule has 2 aromatic rings. The summed E-state index contributed by atoms with van der Waals surface area (Å²) in [7, 11) is 0. The highest BCUT2D eigenvalue weighted by molar-refractivity contribution is 5.97. The minimum atomic E-state index is -0.443. The normalized spacial score (nSPS) is 18.9. The second-order valence-electron chi connectivity index (χ2n) is 8.89. The zero-order chi connectivity index (χ0) is 22.0. The lowest BCUT2D eigenvalue weighted by Gasteiger charge is -2.34. The number of piperidine rings is 1. The van der Waals surface area contributed by atoms with E-state index in [-0.39, 0.29) is 17.9 Å². The fourth-order valence-electron chi connectivity index (χ4n) is 4.28. The van der Waals surface area contributed by atoms with E-state index in [1.165, 1.54) is 11.3 Å². The Labute approximate surface area is 184 Å². The minimum Gasteiger partial charge on any atom is -0.479 e. The van der Waals surface area contributed by atoms with Crippen molar-refractivity contribution in [3.05, 3.63) is 53.6 Å². The Morgan fingerprint density at radius 2 is 1.87 bits per heavy atom. The van der Waals surface area contributed by atoms with Crippen LogP contribution in [0.25, 0.3) is 0 Å². The number of hydrogen-bond donors (Lipinski definition) is 2. The summed E-state index contributed by atoms with van der Waals surface area (Å²) in [4.78, 5) is 26.4. The van der Waals surface area contributed by atoms with E-state index in [9.17, 15) is 9.59 Å². The van der Waals surface area contributed by atoms with Crippen LogP contribution in [0.15, 0.2) is 42.5 Å². The van der Waals surface area contributed by atoms with Gasteiger partial charge in [-0.05, 0) is 87.9 Å². The quantitative estimate of drug-likeness (QED) is 0.766. The Bertz CT molecular complexity index is 947. The first kappa shape index (κ1) is 21.2. The Balaban J connectivity index is 1.32. The lowest BCUT2D eigenvalue weighted by atomic mass is 9.89. The topological polar surface area (TPSA) is 70.7 Å². The monoisotopic (exact) mass is 421 g/mol. The van der Waals surface area contributed by atoms with Gasteiger partial charge in [-0.1, -0.05) is 6.07 Å². The van der Waals surface area contributed by atoms with Crippen molar-refractivity contribution in [3.63, 3.8) is 0 Å². The summed E-state index contributed by atoms with van der Waals surface area (Å²) in [5.41, 5.74) is 3.88. The van der Waals surface area contributed by atoms with Crippen molar-refractivity contribution in [2.24, 2.45) is 5.92 Å². The number of fused-ring (bicyclic) bond motifs is 1. The Hall–Kier alpha value is -3.02. The van der Waals surface area contributed by atoms with Crippen molar-refractivity contribution in [3.8, 4) is 5.75 Å². The molecule has 2 aliphatic heterocycles. The first-order valence-electron chi connectivity index (χ1n) is 11.2. The standard InChI is InChI=1S/C25H31N3O3/c1-16(2)26-25(30)20-5-7-21(8-6-20)28-12-10-18(11-13-28)14-19-4-9-23-22(15-19)27-24(29)17(3)31-23/h4-9,15-18H,10-14H2,1-3H3,(H,26,30)(H,27,29). The Morgan fingerprint density at radius 1 is 1.16 bits per heavy atom. The zero-order valence-corrected chi connectivity index (χ0v) is 18.5. The molecule has 0 aromatic heterocycles. The van der Waals surface area contributed by atoms with Crippen LogP contribution in [0.4, 0.5) is 11.4 Å². The van der Waals surface area contributed by atoms with E-state index in [1.807, 2.05) is 50.2 Å². The number of carbonyl (C=O) groups excluding carboxylic acids is 2. The molecule has 1 saturated heterocycles. The maximum atomic E-state index is 12.1. The average molecular weight is 422 g/mol. The van der Waals surface area contributed by atoms with Gasteiger partial charge in [0.1, 0.15) is 5.75 Å². The van der Waals surface area contributed by atoms with Gasteiger partial charge in [-0.2, -0.15) is 0 Å². The first-order valence-corrected chi connectivity index (χ1v) is 11.2. The Morgan fingerprint density at radius 3 is 2.55 bits per heavy atom. The second-order valence-corrected chi connectivity index (χ2v) is 8.89. The number of rotatable bonds is 5. The Kier molecular flexibility index (Phi) is 6.16. The van der Waals surface area contributed by atoms with E-state index in [2.05, 4.69) is 21.6 Å². The molecule has 0 saturated carbocycles. The van der Waals surface area contributed by atoms with Crippen LogP contribution in [0.3, 0.4) is 0 Å². The van der Waals surface area contributed by atoms with Gasteiger partial charge in [-0.15, -0.1) is 0 Å². The van der Waals surface area contributed by atoms with Gasteiger partial charge < -0.3 is 20.3 Å². The number of carbonyl (C=O) groups is 2. The van der Waals surface area contributed by atoms with Crippen LogP contribution >= 0.6 is 0 Å². The molecule has 6 heteroatoms. The maximum absolute atomic E-state index is 12.1. The summed E-state index contributed by atoms with van der Waals surface area (Å²) in [6, 6.07) is 14.2. The van der Waals surface area contributed by atoms with Crippen LogP contribution in [0, 0.1) is 5.92 Å². The maximum Gasteiger partial charge on any atom is 0.265 e. The van der Waals surface area contributed by atoms with E-state index in [4.69, 9.17) is 4.74 Å².